The number of hydrogen-bond donors (Lipinski definition) is 0. The van der Waals surface area contributed by atoms with E-state index in [0.29, 0.717) is 50.3 Å². The van der Waals surface area contributed by atoms with Gasteiger partial charge in [-0.1, -0.05) is 25.5 Å². The van der Waals surface area contributed by atoms with E-state index < -0.39 is 11.5 Å². The summed E-state index contributed by atoms with van der Waals surface area (Å²) < 4.78 is 6.70. The number of hydrogen-bond acceptors (Lipinski definition) is 6. The molecule has 1 aliphatic rings. The van der Waals surface area contributed by atoms with Gasteiger partial charge in [0.25, 0.3) is 11.5 Å². The molecule has 34 heavy (non-hydrogen) atoms. The molecule has 0 radical (unpaired) electrons. The third kappa shape index (κ3) is 4.93. The number of benzene rings is 1. The van der Waals surface area contributed by atoms with Crippen LogP contribution in [-0.4, -0.2) is 69.4 Å². The standard InChI is InChI=1S/C25H29N5O4/c1-3-4-12-30-23-20(6-5-11-26-23)27-22(25(30)33)24(32)29-15-13-28(14-16-29)21(31)17-18-7-9-19(34-2)10-8-18/h5-11H,3-4,12-17H2,1-2H3. The monoisotopic (exact) mass is 463 g/mol. The number of ether oxygens (including phenoxy) is 1. The van der Waals surface area contributed by atoms with Gasteiger partial charge in [0, 0.05) is 38.9 Å². The number of carbonyl (C=O) groups is 2. The molecule has 1 fully saturated rings. The van der Waals surface area contributed by atoms with Gasteiger partial charge in [-0.15, -0.1) is 0 Å². The number of pyridine rings is 1. The molecule has 3 aromatic rings. The van der Waals surface area contributed by atoms with Gasteiger partial charge < -0.3 is 14.5 Å². The van der Waals surface area contributed by atoms with E-state index >= 15 is 0 Å². The van der Waals surface area contributed by atoms with Crippen molar-refractivity contribution in [1.29, 1.82) is 0 Å². The summed E-state index contributed by atoms with van der Waals surface area (Å²) in [6.07, 6.45) is 3.63. The topological polar surface area (TPSA) is 97.6 Å². The SMILES string of the molecule is CCCCn1c(=O)c(C(=O)N2CCN(C(=O)Cc3ccc(OC)cc3)CC2)nc2cccnc21. The van der Waals surface area contributed by atoms with Crippen molar-refractivity contribution >= 4 is 23.0 Å². The average molecular weight is 464 g/mol. The van der Waals surface area contributed by atoms with Crippen LogP contribution in [0.5, 0.6) is 5.75 Å². The Bertz CT molecular complexity index is 1230. The molecule has 0 bridgehead atoms. The van der Waals surface area contributed by atoms with Crippen LogP contribution in [0.4, 0.5) is 0 Å². The van der Waals surface area contributed by atoms with E-state index in [1.807, 2.05) is 31.2 Å². The first-order valence-electron chi connectivity index (χ1n) is 11.6. The number of rotatable bonds is 7. The molecule has 0 atom stereocenters. The highest BCUT2D eigenvalue weighted by molar-refractivity contribution is 5.93. The highest BCUT2D eigenvalue weighted by atomic mass is 16.5. The first kappa shape index (κ1) is 23.4. The summed E-state index contributed by atoms with van der Waals surface area (Å²) in [4.78, 5) is 51.1. The van der Waals surface area contributed by atoms with Gasteiger partial charge in [0.05, 0.1) is 13.5 Å². The van der Waals surface area contributed by atoms with Crippen LogP contribution in [0, 0.1) is 0 Å². The maximum atomic E-state index is 13.2. The Kier molecular flexibility index (Phi) is 7.20. The lowest BCUT2D eigenvalue weighted by molar-refractivity contribution is -0.131. The average Bonchev–Trinajstić information content (AvgIpc) is 2.88. The van der Waals surface area contributed by atoms with Gasteiger partial charge in [-0.3, -0.25) is 19.0 Å². The van der Waals surface area contributed by atoms with Crippen molar-refractivity contribution in [3.63, 3.8) is 0 Å². The van der Waals surface area contributed by atoms with Gasteiger partial charge in [-0.2, -0.15) is 0 Å². The van der Waals surface area contributed by atoms with Crippen molar-refractivity contribution in [1.82, 2.24) is 24.3 Å². The summed E-state index contributed by atoms with van der Waals surface area (Å²) in [5.74, 6) is 0.354. The van der Waals surface area contributed by atoms with Gasteiger partial charge in [0.1, 0.15) is 11.3 Å². The first-order valence-corrected chi connectivity index (χ1v) is 11.6. The molecule has 1 aromatic carbocycles. The van der Waals surface area contributed by atoms with Gasteiger partial charge in [0.2, 0.25) is 5.91 Å². The number of nitrogens with zero attached hydrogens (tertiary/aromatic N) is 5. The van der Waals surface area contributed by atoms with Crippen LogP contribution < -0.4 is 10.3 Å². The molecule has 0 spiro atoms. The Morgan fingerprint density at radius 2 is 1.74 bits per heavy atom. The molecule has 0 N–H and O–H groups in total. The van der Waals surface area contributed by atoms with Crippen LogP contribution in [-0.2, 0) is 17.8 Å². The number of aromatic nitrogens is 3. The molecular formula is C25H29N5O4. The van der Waals surface area contributed by atoms with E-state index in [1.54, 1.807) is 39.8 Å². The van der Waals surface area contributed by atoms with Crippen molar-refractivity contribution in [2.24, 2.45) is 0 Å². The van der Waals surface area contributed by atoms with Crippen molar-refractivity contribution in [3.05, 3.63) is 64.2 Å². The summed E-state index contributed by atoms with van der Waals surface area (Å²) in [6, 6.07) is 10.9. The van der Waals surface area contributed by atoms with Crippen LogP contribution in [0.1, 0.15) is 35.8 Å². The third-order valence-corrected chi connectivity index (χ3v) is 6.07. The number of carbonyl (C=O) groups excluding carboxylic acids is 2. The molecule has 0 unspecified atom stereocenters. The number of methoxy groups -OCH3 is 1. The molecule has 2 aromatic heterocycles. The Labute approximate surface area is 198 Å². The second kappa shape index (κ2) is 10.5. The second-order valence-electron chi connectivity index (χ2n) is 8.31. The van der Waals surface area contributed by atoms with Crippen LogP contribution in [0.3, 0.4) is 0 Å². The van der Waals surface area contributed by atoms with Gasteiger partial charge >= 0.3 is 0 Å². The Morgan fingerprint density at radius 1 is 1.03 bits per heavy atom. The summed E-state index contributed by atoms with van der Waals surface area (Å²) in [5, 5.41) is 0. The lowest BCUT2D eigenvalue weighted by Crippen LogP contribution is -2.52. The van der Waals surface area contributed by atoms with E-state index in [4.69, 9.17) is 4.74 Å². The molecule has 2 amide bonds. The molecule has 0 aliphatic carbocycles. The Hall–Kier alpha value is -3.75. The lowest BCUT2D eigenvalue weighted by atomic mass is 10.1. The highest BCUT2D eigenvalue weighted by Gasteiger charge is 2.28. The maximum Gasteiger partial charge on any atom is 0.283 e. The van der Waals surface area contributed by atoms with Crippen LogP contribution in [0.15, 0.2) is 47.4 Å². The quantitative estimate of drug-likeness (QED) is 0.533. The fourth-order valence-corrected chi connectivity index (χ4v) is 4.08. The summed E-state index contributed by atoms with van der Waals surface area (Å²) in [7, 11) is 1.60. The van der Waals surface area contributed by atoms with E-state index in [1.165, 1.54) is 0 Å². The third-order valence-electron chi connectivity index (χ3n) is 6.07. The number of piperazine rings is 1. The number of unbranched alkanes of at least 4 members (excludes halogenated alkanes) is 1. The van der Waals surface area contributed by atoms with Crippen molar-refractivity contribution in [3.8, 4) is 5.75 Å². The lowest BCUT2D eigenvalue weighted by Gasteiger charge is -2.34. The van der Waals surface area contributed by atoms with E-state index in [9.17, 15) is 14.4 Å². The molecule has 1 saturated heterocycles. The molecular weight excluding hydrogens is 434 g/mol. The van der Waals surface area contributed by atoms with Crippen molar-refractivity contribution < 1.29 is 14.3 Å². The summed E-state index contributed by atoms with van der Waals surface area (Å²) in [5.41, 5.74) is 1.42. The highest BCUT2D eigenvalue weighted by Crippen LogP contribution is 2.14. The predicted molar refractivity (Wildman–Crippen MR) is 128 cm³/mol. The smallest absolute Gasteiger partial charge is 0.283 e. The number of amides is 2. The Morgan fingerprint density at radius 3 is 2.41 bits per heavy atom. The van der Waals surface area contributed by atoms with E-state index in [2.05, 4.69) is 9.97 Å². The summed E-state index contributed by atoms with van der Waals surface area (Å²) >= 11 is 0. The van der Waals surface area contributed by atoms with Gasteiger partial charge in [0.15, 0.2) is 11.3 Å². The molecule has 3 heterocycles. The maximum absolute atomic E-state index is 13.2. The molecule has 9 heteroatoms. The second-order valence-corrected chi connectivity index (χ2v) is 8.31. The van der Waals surface area contributed by atoms with Crippen LogP contribution >= 0.6 is 0 Å². The molecule has 9 nitrogen and oxygen atoms in total. The molecule has 0 saturated carbocycles. The zero-order chi connectivity index (χ0) is 24.1. The van der Waals surface area contributed by atoms with Crippen LogP contribution in [0.25, 0.3) is 11.2 Å². The molecule has 4 rings (SSSR count). The minimum atomic E-state index is -0.414. The Balaban J connectivity index is 1.45. The number of fused-ring (bicyclic) bond motifs is 1. The minimum absolute atomic E-state index is 0.00842. The van der Waals surface area contributed by atoms with E-state index in [-0.39, 0.29) is 11.6 Å². The van der Waals surface area contributed by atoms with Crippen LogP contribution in [0.2, 0.25) is 0 Å². The first-order chi connectivity index (χ1) is 16.5. The molecule has 1 aliphatic heterocycles. The van der Waals surface area contributed by atoms with Gasteiger partial charge in [-0.05, 0) is 36.2 Å². The minimum Gasteiger partial charge on any atom is -0.497 e. The van der Waals surface area contributed by atoms with Gasteiger partial charge in [-0.25, -0.2) is 9.97 Å². The zero-order valence-corrected chi connectivity index (χ0v) is 19.6. The predicted octanol–water partition coefficient (Wildman–Crippen LogP) is 2.13. The largest absolute Gasteiger partial charge is 0.497 e. The van der Waals surface area contributed by atoms with E-state index in [0.717, 1.165) is 24.2 Å². The summed E-state index contributed by atoms with van der Waals surface area (Å²) in [6.45, 7) is 4.07. The normalized spacial score (nSPS) is 13.8. The fraction of sp³-hybridized carbons (Fsp3) is 0.400. The molecule has 178 valence electrons. The van der Waals surface area contributed by atoms with Crippen molar-refractivity contribution in [2.45, 2.75) is 32.7 Å². The number of aryl methyl sites for hydroxylation is 1. The zero-order valence-electron chi connectivity index (χ0n) is 19.6. The fourth-order valence-electron chi connectivity index (χ4n) is 4.08. The van der Waals surface area contributed by atoms with Crippen molar-refractivity contribution in [2.75, 3.05) is 33.3 Å².